The van der Waals surface area contributed by atoms with Crippen LogP contribution in [0.25, 0.3) is 70.2 Å². The molecule has 0 aliphatic heterocycles. The quantitative estimate of drug-likeness (QED) is 0.161. The van der Waals surface area contributed by atoms with Gasteiger partial charge in [0.2, 0.25) is 0 Å². The number of benzene rings is 6. The molecule has 0 aliphatic carbocycles. The Kier molecular flexibility index (Phi) is 7.76. The zero-order valence-corrected chi connectivity index (χ0v) is 31.7. The minimum absolute atomic E-state index is 0.0443. The average molecular weight is 672 g/mol. The molecule has 0 radical (unpaired) electrons. The van der Waals surface area contributed by atoms with Gasteiger partial charge in [0.15, 0.2) is 11.0 Å². The minimum Gasteiger partial charge on any atom is -0.225 e. The molecule has 0 amide bonds. The first kappa shape index (κ1) is 32.5. The highest BCUT2D eigenvalue weighted by molar-refractivity contribution is 7.26. The summed E-state index contributed by atoms with van der Waals surface area (Å²) in [6, 6.07) is 41.0. The fourth-order valence-corrected chi connectivity index (χ4v) is 9.17. The molecule has 3 heteroatoms. The maximum Gasteiger partial charge on any atom is 0.296 e. The third kappa shape index (κ3) is 5.09. The Morgan fingerprint density at radius 1 is 0.660 bits per heavy atom. The van der Waals surface area contributed by atoms with E-state index in [0.717, 1.165) is 0 Å². The van der Waals surface area contributed by atoms with Crippen molar-refractivity contribution < 1.29 is 4.57 Å². The largest absolute Gasteiger partial charge is 0.296 e. The van der Waals surface area contributed by atoms with Crippen LogP contribution < -0.4 is 4.57 Å². The Morgan fingerprint density at radius 2 is 1.34 bits per heavy atom. The van der Waals surface area contributed by atoms with Crippen LogP contribution in [0, 0.1) is 6.92 Å². The van der Waals surface area contributed by atoms with Crippen LogP contribution >= 0.6 is 11.3 Å². The zero-order chi connectivity index (χ0) is 35.1. The van der Waals surface area contributed by atoms with E-state index in [0.29, 0.717) is 11.8 Å². The topological polar surface area (TPSA) is 8.81 Å². The lowest BCUT2D eigenvalue weighted by Crippen LogP contribution is -2.30. The SMILES string of the molecule is Cc1ccc2c(sc3ccc(-c4ccccc4)cc32)c1-c1n(-c2c(C(C)C)cc(C(C)(C)C)cc2C(C)C)c2c3ccccc3ccc2[n+]1C. The summed E-state index contributed by atoms with van der Waals surface area (Å²) in [7, 11) is 2.27. The maximum atomic E-state index is 2.66. The van der Waals surface area contributed by atoms with Gasteiger partial charge in [-0.2, -0.15) is 4.57 Å². The summed E-state index contributed by atoms with van der Waals surface area (Å²) in [5.41, 5.74) is 13.2. The van der Waals surface area contributed by atoms with Crippen molar-refractivity contribution in [2.24, 2.45) is 7.05 Å². The number of nitrogens with zero attached hydrogens (tertiary/aromatic N) is 2. The molecule has 0 atom stereocenters. The van der Waals surface area contributed by atoms with E-state index >= 15 is 0 Å². The molecule has 250 valence electrons. The summed E-state index contributed by atoms with van der Waals surface area (Å²) in [5.74, 6) is 1.92. The van der Waals surface area contributed by atoms with Crippen LogP contribution in [0.5, 0.6) is 0 Å². The van der Waals surface area contributed by atoms with Crippen molar-refractivity contribution in [3.63, 3.8) is 0 Å². The van der Waals surface area contributed by atoms with E-state index in [9.17, 15) is 0 Å². The normalized spacial score (nSPS) is 12.5. The van der Waals surface area contributed by atoms with Gasteiger partial charge in [-0.1, -0.05) is 127 Å². The van der Waals surface area contributed by atoms with Gasteiger partial charge < -0.3 is 0 Å². The predicted octanol–water partition coefficient (Wildman–Crippen LogP) is 13.2. The molecule has 6 aromatic carbocycles. The van der Waals surface area contributed by atoms with Crippen molar-refractivity contribution >= 4 is 53.3 Å². The zero-order valence-electron chi connectivity index (χ0n) is 30.8. The van der Waals surface area contributed by atoms with Gasteiger partial charge in [0.05, 0.1) is 17.3 Å². The molecular formula is C47H47N2S+. The number of aromatic nitrogens is 2. The highest BCUT2D eigenvalue weighted by Crippen LogP contribution is 2.46. The standard InChI is InChI=1S/C47H47N2S/c1-28(2)37-26-34(47(6,7)8)27-38(29(3)4)43(37)49-44-35-18-14-13-17-32(35)20-23-40(44)48(9)46(49)42-30(5)19-22-36-39-25-33(31-15-11-10-12-16-31)21-24-41(39)50-45(36)42/h10-29H,1-9H3/q+1. The van der Waals surface area contributed by atoms with Gasteiger partial charge in [-0.15, -0.1) is 11.3 Å². The van der Waals surface area contributed by atoms with Gasteiger partial charge in [0.1, 0.15) is 5.69 Å². The Balaban J connectivity index is 1.55. The number of imidazole rings is 1. The van der Waals surface area contributed by atoms with Crippen LogP contribution in [0.15, 0.2) is 109 Å². The first-order valence-corrected chi connectivity index (χ1v) is 18.9. The summed E-state index contributed by atoms with van der Waals surface area (Å²) in [5, 5.41) is 5.19. The van der Waals surface area contributed by atoms with Crippen LogP contribution in [0.2, 0.25) is 0 Å². The van der Waals surface area contributed by atoms with Crippen LogP contribution in [0.1, 0.15) is 82.6 Å². The summed E-state index contributed by atoms with van der Waals surface area (Å²) in [6.07, 6.45) is 0. The Hall–Kier alpha value is -4.73. The third-order valence-corrected chi connectivity index (χ3v) is 11.9. The van der Waals surface area contributed by atoms with E-state index in [1.54, 1.807) is 0 Å². The van der Waals surface area contributed by atoms with Gasteiger partial charge in [0, 0.05) is 32.0 Å². The lowest BCUT2D eigenvalue weighted by Gasteiger charge is -2.26. The summed E-state index contributed by atoms with van der Waals surface area (Å²) in [6.45, 7) is 18.8. The molecule has 0 saturated heterocycles. The molecule has 8 aromatic rings. The lowest BCUT2D eigenvalue weighted by atomic mass is 9.81. The van der Waals surface area contributed by atoms with E-state index in [1.807, 2.05) is 11.3 Å². The number of fused-ring (bicyclic) bond motifs is 6. The molecule has 0 bridgehead atoms. The maximum absolute atomic E-state index is 2.66. The van der Waals surface area contributed by atoms with Crippen molar-refractivity contribution in [1.29, 1.82) is 0 Å². The summed E-state index contributed by atoms with van der Waals surface area (Å²) < 4.78 is 7.80. The van der Waals surface area contributed by atoms with E-state index in [-0.39, 0.29) is 5.41 Å². The number of hydrogen-bond donors (Lipinski definition) is 0. The van der Waals surface area contributed by atoms with Gasteiger partial charge in [0.25, 0.3) is 5.82 Å². The van der Waals surface area contributed by atoms with Crippen molar-refractivity contribution in [3.05, 3.63) is 131 Å². The Labute approximate surface area is 300 Å². The molecule has 2 nitrogen and oxygen atoms in total. The average Bonchev–Trinajstić information content (AvgIpc) is 3.61. The predicted molar refractivity (Wildman–Crippen MR) is 217 cm³/mol. The summed E-state index contributed by atoms with van der Waals surface area (Å²) in [4.78, 5) is 0. The second-order valence-electron chi connectivity index (χ2n) is 15.7. The Bertz CT molecular complexity index is 2560. The second-order valence-corrected chi connectivity index (χ2v) is 16.8. The van der Waals surface area contributed by atoms with E-state index in [2.05, 4.69) is 181 Å². The molecule has 0 spiro atoms. The van der Waals surface area contributed by atoms with Crippen LogP contribution in [0.3, 0.4) is 0 Å². The van der Waals surface area contributed by atoms with E-state index in [1.165, 1.54) is 92.4 Å². The molecule has 2 heterocycles. The Morgan fingerprint density at radius 3 is 2.02 bits per heavy atom. The third-order valence-electron chi connectivity index (χ3n) is 10.7. The van der Waals surface area contributed by atoms with E-state index < -0.39 is 0 Å². The van der Waals surface area contributed by atoms with Crippen molar-refractivity contribution in [2.45, 2.75) is 72.6 Å². The number of rotatable bonds is 5. The second kappa shape index (κ2) is 12.0. The van der Waals surface area contributed by atoms with Crippen LogP contribution in [0.4, 0.5) is 0 Å². The van der Waals surface area contributed by atoms with Crippen molar-refractivity contribution in [1.82, 2.24) is 4.57 Å². The smallest absolute Gasteiger partial charge is 0.225 e. The fraction of sp³-hybridized carbons (Fsp3) is 0.255. The molecule has 50 heavy (non-hydrogen) atoms. The highest BCUT2D eigenvalue weighted by Gasteiger charge is 2.35. The molecule has 0 N–H and O–H groups in total. The molecule has 0 unspecified atom stereocenters. The number of thiophene rings is 1. The number of hydrogen-bond acceptors (Lipinski definition) is 1. The van der Waals surface area contributed by atoms with Crippen molar-refractivity contribution in [2.75, 3.05) is 0 Å². The van der Waals surface area contributed by atoms with E-state index in [4.69, 9.17) is 0 Å². The van der Waals surface area contributed by atoms with Gasteiger partial charge in [-0.05, 0) is 82.1 Å². The fourth-order valence-electron chi connectivity index (χ4n) is 7.89. The molecule has 8 rings (SSSR count). The van der Waals surface area contributed by atoms with Crippen molar-refractivity contribution in [3.8, 4) is 28.2 Å². The highest BCUT2D eigenvalue weighted by atomic mass is 32.1. The monoisotopic (exact) mass is 671 g/mol. The van der Waals surface area contributed by atoms with Gasteiger partial charge in [-0.3, -0.25) is 0 Å². The minimum atomic E-state index is 0.0443. The summed E-state index contributed by atoms with van der Waals surface area (Å²) >= 11 is 1.93. The van der Waals surface area contributed by atoms with Gasteiger partial charge in [-0.25, -0.2) is 4.57 Å². The van der Waals surface area contributed by atoms with Crippen LogP contribution in [-0.2, 0) is 12.5 Å². The molecule has 0 aliphatic rings. The lowest BCUT2D eigenvalue weighted by molar-refractivity contribution is -0.633. The van der Waals surface area contributed by atoms with Crippen LogP contribution in [-0.4, -0.2) is 4.57 Å². The molecule has 0 fully saturated rings. The molecule has 0 saturated carbocycles. The number of aryl methyl sites for hydroxylation is 2. The first-order valence-electron chi connectivity index (χ1n) is 18.1. The first-order chi connectivity index (χ1) is 23.9. The van der Waals surface area contributed by atoms with Gasteiger partial charge >= 0.3 is 0 Å². The molecular weight excluding hydrogens is 625 g/mol. The molecule has 2 aromatic heterocycles.